The summed E-state index contributed by atoms with van der Waals surface area (Å²) >= 11 is 0. The molecule has 2 fully saturated rings. The zero-order valence-electron chi connectivity index (χ0n) is 15.3. The first-order valence-electron chi connectivity index (χ1n) is 9.76. The number of fused-ring (bicyclic) bond motifs is 3. The van der Waals surface area contributed by atoms with Gasteiger partial charge in [0.15, 0.2) is 0 Å². The quantitative estimate of drug-likeness (QED) is 0.774. The molecule has 2 aliphatic heterocycles. The minimum Gasteiger partial charge on any atom is -0.366 e. The van der Waals surface area contributed by atoms with Crippen LogP contribution in [0.3, 0.4) is 0 Å². The monoisotopic (exact) mass is 360 g/mol. The molecule has 3 heterocycles. The third kappa shape index (κ3) is 2.92. The molecule has 2 unspecified atom stereocenters. The van der Waals surface area contributed by atoms with Gasteiger partial charge in [-0.05, 0) is 43.4 Å². The lowest BCUT2D eigenvalue weighted by Gasteiger charge is -2.39. The molecule has 2 aliphatic rings. The number of rotatable bonds is 4. The van der Waals surface area contributed by atoms with Gasteiger partial charge >= 0.3 is 0 Å². The molecule has 0 aliphatic carbocycles. The zero-order chi connectivity index (χ0) is 18.4. The summed E-state index contributed by atoms with van der Waals surface area (Å²) in [7, 11) is 0. The number of nitrogens with zero attached hydrogens (tertiary/aromatic N) is 3. The first kappa shape index (κ1) is 16.5. The molecule has 0 spiro atoms. The van der Waals surface area contributed by atoms with Crippen molar-refractivity contribution in [2.45, 2.75) is 50.4 Å². The fraction of sp³-hybridized carbons (Fsp3) is 0.364. The Morgan fingerprint density at radius 3 is 2.48 bits per heavy atom. The van der Waals surface area contributed by atoms with Crippen molar-refractivity contribution in [3.63, 3.8) is 0 Å². The van der Waals surface area contributed by atoms with Crippen molar-refractivity contribution in [3.05, 3.63) is 65.9 Å². The van der Waals surface area contributed by atoms with Crippen LogP contribution < -0.4 is 5.73 Å². The van der Waals surface area contributed by atoms with E-state index in [0.717, 1.165) is 30.3 Å². The average molecular weight is 360 g/mol. The van der Waals surface area contributed by atoms with E-state index in [1.165, 1.54) is 18.4 Å². The van der Waals surface area contributed by atoms with Crippen LogP contribution in [-0.4, -0.2) is 32.7 Å². The van der Waals surface area contributed by atoms with Gasteiger partial charge < -0.3 is 5.73 Å². The maximum atomic E-state index is 11.6. The first-order chi connectivity index (χ1) is 13.2. The van der Waals surface area contributed by atoms with Gasteiger partial charge in [-0.3, -0.25) is 14.4 Å². The molecule has 2 N–H and O–H groups in total. The fourth-order valence-corrected chi connectivity index (χ4v) is 4.98. The lowest BCUT2D eigenvalue weighted by Crippen LogP contribution is -2.43. The minimum atomic E-state index is -0.387. The Balaban J connectivity index is 1.40. The van der Waals surface area contributed by atoms with E-state index in [1.54, 1.807) is 6.07 Å². The van der Waals surface area contributed by atoms with Crippen molar-refractivity contribution in [1.82, 2.24) is 14.7 Å². The maximum Gasteiger partial charge on any atom is 0.248 e. The van der Waals surface area contributed by atoms with E-state index >= 15 is 0 Å². The van der Waals surface area contributed by atoms with Crippen molar-refractivity contribution in [2.75, 3.05) is 0 Å². The van der Waals surface area contributed by atoms with E-state index in [9.17, 15) is 4.79 Å². The molecule has 5 nitrogen and oxygen atoms in total. The molecule has 1 aromatic heterocycles. The molecule has 2 bridgehead atoms. The Morgan fingerprint density at radius 1 is 1.04 bits per heavy atom. The van der Waals surface area contributed by atoms with E-state index in [2.05, 4.69) is 45.0 Å². The number of carbonyl (C=O) groups is 1. The lowest BCUT2D eigenvalue weighted by molar-refractivity contribution is 0.0966. The van der Waals surface area contributed by atoms with Gasteiger partial charge in [0.2, 0.25) is 5.91 Å². The van der Waals surface area contributed by atoms with Gasteiger partial charge in [0.05, 0.1) is 17.8 Å². The number of hydrogen-bond acceptors (Lipinski definition) is 3. The smallest absolute Gasteiger partial charge is 0.248 e. The second-order valence-electron chi connectivity index (χ2n) is 7.90. The van der Waals surface area contributed by atoms with Gasteiger partial charge in [-0.15, -0.1) is 0 Å². The summed E-state index contributed by atoms with van der Waals surface area (Å²) in [5, 5.41) is 5.74. The van der Waals surface area contributed by atoms with E-state index in [1.807, 2.05) is 18.3 Å². The van der Waals surface area contributed by atoms with Gasteiger partial charge in [-0.1, -0.05) is 36.4 Å². The topological polar surface area (TPSA) is 64.2 Å². The van der Waals surface area contributed by atoms with E-state index in [4.69, 9.17) is 5.73 Å². The predicted molar refractivity (Wildman–Crippen MR) is 105 cm³/mol. The first-order valence-corrected chi connectivity index (χ1v) is 9.76. The number of amides is 1. The summed E-state index contributed by atoms with van der Waals surface area (Å²) in [6.45, 7) is 1.04. The molecule has 138 valence electrons. The van der Waals surface area contributed by atoms with E-state index in [-0.39, 0.29) is 5.91 Å². The summed E-state index contributed by atoms with van der Waals surface area (Å²) in [5.74, 6) is -0.387. The fourth-order valence-electron chi connectivity index (χ4n) is 4.98. The maximum absolute atomic E-state index is 11.6. The highest BCUT2D eigenvalue weighted by atomic mass is 16.1. The molecule has 2 saturated heterocycles. The highest BCUT2D eigenvalue weighted by Gasteiger charge is 2.41. The summed E-state index contributed by atoms with van der Waals surface area (Å²) in [4.78, 5) is 14.3. The number of nitrogens with two attached hydrogens (primary N) is 1. The second-order valence-corrected chi connectivity index (χ2v) is 7.90. The number of aromatic nitrogens is 2. The Labute approximate surface area is 158 Å². The van der Waals surface area contributed by atoms with E-state index < -0.39 is 0 Å². The number of piperidine rings is 1. The van der Waals surface area contributed by atoms with Crippen molar-refractivity contribution in [3.8, 4) is 0 Å². The zero-order valence-corrected chi connectivity index (χ0v) is 15.3. The summed E-state index contributed by atoms with van der Waals surface area (Å²) in [5.41, 5.74) is 8.43. The lowest BCUT2D eigenvalue weighted by atomic mass is 9.96. The van der Waals surface area contributed by atoms with Crippen molar-refractivity contribution < 1.29 is 4.79 Å². The van der Waals surface area contributed by atoms with Crippen LogP contribution in [0.5, 0.6) is 0 Å². The van der Waals surface area contributed by atoms with Crippen molar-refractivity contribution in [2.24, 2.45) is 5.73 Å². The Bertz CT molecular complexity index is 966. The third-order valence-electron chi connectivity index (χ3n) is 6.30. The van der Waals surface area contributed by atoms with Crippen LogP contribution in [0.15, 0.2) is 54.7 Å². The molecule has 2 atom stereocenters. The Hall–Kier alpha value is -2.66. The van der Waals surface area contributed by atoms with E-state index in [0.29, 0.717) is 23.7 Å². The minimum absolute atomic E-state index is 0.384. The number of primary amides is 1. The molecule has 0 radical (unpaired) electrons. The molecular formula is C22H24N4O. The molecule has 5 rings (SSSR count). The van der Waals surface area contributed by atoms with Crippen LogP contribution in [-0.2, 0) is 6.54 Å². The van der Waals surface area contributed by atoms with Crippen LogP contribution >= 0.6 is 0 Å². The van der Waals surface area contributed by atoms with Gasteiger partial charge in [0.25, 0.3) is 0 Å². The third-order valence-corrected chi connectivity index (χ3v) is 6.30. The number of benzene rings is 2. The van der Waals surface area contributed by atoms with Crippen LogP contribution in [0, 0.1) is 0 Å². The average Bonchev–Trinajstić information content (AvgIpc) is 3.19. The largest absolute Gasteiger partial charge is 0.366 e. The molecule has 3 aromatic rings. The summed E-state index contributed by atoms with van der Waals surface area (Å²) in [6, 6.07) is 18.0. The predicted octanol–water partition coefficient (Wildman–Crippen LogP) is 3.50. The number of hydrogen-bond donors (Lipinski definition) is 1. The molecule has 1 amide bonds. The standard InChI is InChI=1S/C22H24N4O/c23-22(27)16-6-7-17-13-24-26(21(17)10-16)20-11-18-8-9-19(12-20)25(18)14-15-4-2-1-3-5-15/h1-7,10,13,18-20H,8-9,11-12,14H2,(H2,23,27). The van der Waals surface area contributed by atoms with Crippen molar-refractivity contribution in [1.29, 1.82) is 0 Å². The highest BCUT2D eigenvalue weighted by Crippen LogP contribution is 2.42. The van der Waals surface area contributed by atoms with Gasteiger partial charge in [0.1, 0.15) is 0 Å². The molecule has 5 heteroatoms. The molecule has 27 heavy (non-hydrogen) atoms. The van der Waals surface area contributed by atoms with Crippen LogP contribution in [0.4, 0.5) is 0 Å². The molecule has 2 aromatic carbocycles. The Kier molecular flexibility index (Phi) is 3.97. The van der Waals surface area contributed by atoms with Crippen molar-refractivity contribution >= 4 is 16.8 Å². The van der Waals surface area contributed by atoms with Crippen LogP contribution in [0.2, 0.25) is 0 Å². The Morgan fingerprint density at radius 2 is 1.78 bits per heavy atom. The van der Waals surface area contributed by atoms with Crippen LogP contribution in [0.1, 0.15) is 47.6 Å². The normalized spacial score (nSPS) is 25.1. The summed E-state index contributed by atoms with van der Waals surface area (Å²) in [6.07, 6.45) is 6.65. The van der Waals surface area contributed by atoms with Crippen LogP contribution in [0.25, 0.3) is 10.9 Å². The highest BCUT2D eigenvalue weighted by molar-refractivity contribution is 5.96. The second kappa shape index (κ2) is 6.50. The molecule has 0 saturated carbocycles. The van der Waals surface area contributed by atoms with Gasteiger partial charge in [0, 0.05) is 29.6 Å². The SMILES string of the molecule is NC(=O)c1ccc2cnn(C3CC4CCC(C3)N4Cc3ccccc3)c2c1. The van der Waals surface area contributed by atoms with Gasteiger partial charge in [-0.2, -0.15) is 5.10 Å². The number of carbonyl (C=O) groups excluding carboxylic acids is 1. The summed E-state index contributed by atoms with van der Waals surface area (Å²) < 4.78 is 2.13. The molecular weight excluding hydrogens is 336 g/mol. The van der Waals surface area contributed by atoms with Gasteiger partial charge in [-0.25, -0.2) is 0 Å².